The fraction of sp³-hybridized carbons (Fsp3) is 0.750. The van der Waals surface area contributed by atoms with E-state index in [1.807, 2.05) is 25.7 Å². The van der Waals surface area contributed by atoms with Crippen molar-refractivity contribution in [3.8, 4) is 0 Å². The van der Waals surface area contributed by atoms with E-state index in [1.165, 1.54) is 12.0 Å². The molecule has 1 spiro atoms. The van der Waals surface area contributed by atoms with Gasteiger partial charge in [-0.05, 0) is 71.4 Å². The van der Waals surface area contributed by atoms with E-state index in [2.05, 4.69) is 23.1 Å². The highest BCUT2D eigenvalue weighted by molar-refractivity contribution is 5.69. The number of allylic oxidation sites excluding steroid dienone is 2. The average molecular weight is 332 g/mol. The van der Waals surface area contributed by atoms with E-state index < -0.39 is 5.60 Å². The molecule has 2 aliphatic heterocycles. The first-order chi connectivity index (χ1) is 11.4. The summed E-state index contributed by atoms with van der Waals surface area (Å²) in [4.78, 5) is 17.3. The Hall–Kier alpha value is -1.29. The van der Waals surface area contributed by atoms with Crippen LogP contribution >= 0.6 is 0 Å². The number of amides is 1. The van der Waals surface area contributed by atoms with Gasteiger partial charge >= 0.3 is 6.09 Å². The molecule has 2 heterocycles. The molecule has 2 saturated heterocycles. The first kappa shape index (κ1) is 17.5. The molecule has 3 aliphatic rings. The Morgan fingerprint density at radius 3 is 2.62 bits per heavy atom. The Morgan fingerprint density at radius 1 is 1.21 bits per heavy atom. The van der Waals surface area contributed by atoms with Gasteiger partial charge in [-0.2, -0.15) is 0 Å². The summed E-state index contributed by atoms with van der Waals surface area (Å²) >= 11 is 0. The normalized spacial score (nSPS) is 28.3. The van der Waals surface area contributed by atoms with Gasteiger partial charge in [0.2, 0.25) is 0 Å². The maximum atomic E-state index is 12.7. The van der Waals surface area contributed by atoms with Crippen LogP contribution in [0.4, 0.5) is 4.79 Å². The van der Waals surface area contributed by atoms with Crippen LogP contribution in [0.1, 0.15) is 59.3 Å². The number of piperidine rings is 1. The molecule has 1 atom stereocenters. The van der Waals surface area contributed by atoms with Gasteiger partial charge < -0.3 is 9.64 Å². The van der Waals surface area contributed by atoms with Crippen molar-refractivity contribution >= 4 is 6.09 Å². The first-order valence-electron chi connectivity index (χ1n) is 9.47. The second-order valence-corrected chi connectivity index (χ2v) is 8.53. The molecule has 0 aromatic heterocycles. The van der Waals surface area contributed by atoms with Gasteiger partial charge in [0.25, 0.3) is 0 Å². The summed E-state index contributed by atoms with van der Waals surface area (Å²) in [5.41, 5.74) is 0.993. The zero-order valence-electron chi connectivity index (χ0n) is 15.5. The zero-order valence-corrected chi connectivity index (χ0v) is 15.5. The fourth-order valence-electron chi connectivity index (χ4n) is 4.35. The molecule has 1 aliphatic carbocycles. The van der Waals surface area contributed by atoms with E-state index in [0.717, 1.165) is 58.3 Å². The number of hydrogen-bond donors (Lipinski definition) is 0. The maximum Gasteiger partial charge on any atom is 0.410 e. The second kappa shape index (κ2) is 6.91. The number of ether oxygens (including phenoxy) is 1. The number of nitrogens with zero attached hydrogens (tertiary/aromatic N) is 2. The number of likely N-dealkylation sites (tertiary alicyclic amines) is 2. The molecule has 134 valence electrons. The fourth-order valence-corrected chi connectivity index (χ4v) is 4.35. The molecule has 4 heteroatoms. The lowest BCUT2D eigenvalue weighted by Gasteiger charge is -2.46. The summed E-state index contributed by atoms with van der Waals surface area (Å²) in [7, 11) is 0. The van der Waals surface area contributed by atoms with E-state index in [9.17, 15) is 4.79 Å². The molecule has 0 aromatic carbocycles. The van der Waals surface area contributed by atoms with Crippen molar-refractivity contribution < 1.29 is 9.53 Å². The Bertz CT molecular complexity index is 532. The third kappa shape index (κ3) is 4.02. The average Bonchev–Trinajstić information content (AvgIpc) is 2.89. The summed E-state index contributed by atoms with van der Waals surface area (Å²) in [6.45, 7) is 9.81. The third-order valence-corrected chi connectivity index (χ3v) is 5.32. The molecule has 1 amide bonds. The molecular formula is C20H32N2O2. The molecule has 0 saturated carbocycles. The molecule has 0 radical (unpaired) electrons. The molecule has 0 aromatic rings. The molecule has 24 heavy (non-hydrogen) atoms. The lowest BCUT2D eigenvalue weighted by molar-refractivity contribution is -0.00915. The topological polar surface area (TPSA) is 32.8 Å². The third-order valence-electron chi connectivity index (χ3n) is 5.32. The van der Waals surface area contributed by atoms with Crippen molar-refractivity contribution in [3.05, 3.63) is 23.8 Å². The highest BCUT2D eigenvalue weighted by atomic mass is 16.6. The van der Waals surface area contributed by atoms with Crippen LogP contribution in [-0.2, 0) is 4.74 Å². The van der Waals surface area contributed by atoms with E-state index in [1.54, 1.807) is 0 Å². The molecule has 1 unspecified atom stereocenters. The summed E-state index contributed by atoms with van der Waals surface area (Å²) in [5, 5.41) is 0. The number of carbonyl (C=O) groups is 1. The molecule has 0 bridgehead atoms. The highest BCUT2D eigenvalue weighted by Gasteiger charge is 2.47. The van der Waals surface area contributed by atoms with Crippen LogP contribution < -0.4 is 0 Å². The Morgan fingerprint density at radius 2 is 1.96 bits per heavy atom. The Kier molecular flexibility index (Phi) is 5.05. The lowest BCUT2D eigenvalue weighted by atomic mass is 9.86. The van der Waals surface area contributed by atoms with Gasteiger partial charge in [-0.1, -0.05) is 18.2 Å². The first-order valence-corrected chi connectivity index (χ1v) is 9.47. The quantitative estimate of drug-likeness (QED) is 0.762. The summed E-state index contributed by atoms with van der Waals surface area (Å²) in [6, 6.07) is 0. The van der Waals surface area contributed by atoms with Crippen LogP contribution in [0.15, 0.2) is 23.8 Å². The van der Waals surface area contributed by atoms with Gasteiger partial charge in [0.15, 0.2) is 0 Å². The minimum atomic E-state index is -0.424. The summed E-state index contributed by atoms with van der Waals surface area (Å²) in [6.07, 6.45) is 13.6. The molecule has 0 N–H and O–H groups in total. The van der Waals surface area contributed by atoms with E-state index in [-0.39, 0.29) is 11.6 Å². The predicted molar refractivity (Wildman–Crippen MR) is 97.0 cm³/mol. The standard InChI is InChI=1S/C20H32N2O2/c1-19(2,3)24-18(23)22-14-8-12-20(22)11-7-13-21(16-20)15-17-9-5-4-6-10-17/h5,9-10H,4,6-8,11-16H2,1-3H3. The molecular weight excluding hydrogens is 300 g/mol. The molecule has 2 fully saturated rings. The van der Waals surface area contributed by atoms with Crippen LogP contribution in [-0.4, -0.2) is 53.2 Å². The lowest BCUT2D eigenvalue weighted by Crippen LogP contribution is -2.58. The van der Waals surface area contributed by atoms with Gasteiger partial charge in [0.05, 0.1) is 5.54 Å². The van der Waals surface area contributed by atoms with Crippen LogP contribution in [0.2, 0.25) is 0 Å². The van der Waals surface area contributed by atoms with E-state index in [4.69, 9.17) is 4.74 Å². The highest BCUT2D eigenvalue weighted by Crippen LogP contribution is 2.38. The Balaban J connectivity index is 1.67. The Labute approximate surface area is 146 Å². The number of rotatable bonds is 2. The van der Waals surface area contributed by atoms with Crippen molar-refractivity contribution in [1.29, 1.82) is 0 Å². The molecule has 3 rings (SSSR count). The maximum absolute atomic E-state index is 12.7. The largest absolute Gasteiger partial charge is 0.444 e. The summed E-state index contributed by atoms with van der Waals surface area (Å²) in [5.74, 6) is 0. The number of hydrogen-bond acceptors (Lipinski definition) is 3. The van der Waals surface area contributed by atoms with Crippen LogP contribution in [0.5, 0.6) is 0 Å². The van der Waals surface area contributed by atoms with E-state index in [0.29, 0.717) is 0 Å². The van der Waals surface area contributed by atoms with Gasteiger partial charge in [0, 0.05) is 19.6 Å². The van der Waals surface area contributed by atoms with Crippen molar-refractivity contribution in [1.82, 2.24) is 9.80 Å². The van der Waals surface area contributed by atoms with Crippen molar-refractivity contribution in [3.63, 3.8) is 0 Å². The van der Waals surface area contributed by atoms with Gasteiger partial charge in [0.1, 0.15) is 5.60 Å². The van der Waals surface area contributed by atoms with Gasteiger partial charge in [-0.3, -0.25) is 4.90 Å². The van der Waals surface area contributed by atoms with Crippen molar-refractivity contribution in [2.45, 2.75) is 70.4 Å². The van der Waals surface area contributed by atoms with Gasteiger partial charge in [-0.15, -0.1) is 0 Å². The minimum absolute atomic E-state index is 0.0144. The smallest absolute Gasteiger partial charge is 0.410 e. The SMILES string of the molecule is CC(C)(C)OC(=O)N1CCCC12CCCN(CC1=CCCC=C1)C2. The van der Waals surface area contributed by atoms with Crippen LogP contribution in [0.3, 0.4) is 0 Å². The predicted octanol–water partition coefficient (Wildman–Crippen LogP) is 4.13. The van der Waals surface area contributed by atoms with Crippen LogP contribution in [0, 0.1) is 0 Å². The van der Waals surface area contributed by atoms with E-state index >= 15 is 0 Å². The molecule has 4 nitrogen and oxygen atoms in total. The zero-order chi connectivity index (χ0) is 17.2. The number of carbonyl (C=O) groups excluding carboxylic acids is 1. The second-order valence-electron chi connectivity index (χ2n) is 8.53. The monoisotopic (exact) mass is 332 g/mol. The minimum Gasteiger partial charge on any atom is -0.444 e. The summed E-state index contributed by atoms with van der Waals surface area (Å²) < 4.78 is 5.68. The van der Waals surface area contributed by atoms with Crippen LogP contribution in [0.25, 0.3) is 0 Å². The van der Waals surface area contributed by atoms with Gasteiger partial charge in [-0.25, -0.2) is 4.79 Å². The van der Waals surface area contributed by atoms with Crippen molar-refractivity contribution in [2.75, 3.05) is 26.2 Å². The van der Waals surface area contributed by atoms with Crippen molar-refractivity contribution in [2.24, 2.45) is 0 Å².